The van der Waals surface area contributed by atoms with Crippen LogP contribution >= 0.6 is 11.6 Å². The number of hydrogen-bond acceptors (Lipinski definition) is 2. The summed E-state index contributed by atoms with van der Waals surface area (Å²) in [4.78, 5) is 5.67. The van der Waals surface area contributed by atoms with Crippen molar-refractivity contribution in [3.8, 4) is 0 Å². The summed E-state index contributed by atoms with van der Waals surface area (Å²) in [6, 6.07) is 2.45. The van der Waals surface area contributed by atoms with E-state index in [1.807, 2.05) is 11.9 Å². The van der Waals surface area contributed by atoms with E-state index in [0.717, 1.165) is 38.1 Å². The van der Waals surface area contributed by atoms with E-state index >= 15 is 0 Å². The molecule has 6 heteroatoms. The van der Waals surface area contributed by atoms with Crippen molar-refractivity contribution in [1.29, 1.82) is 0 Å². The Balaban J connectivity index is 2.51. The topological polar surface area (TPSA) is 16.1 Å². The normalized spacial score (nSPS) is 11.6. The maximum absolute atomic E-state index is 12.3. The molecule has 0 bridgehead atoms. The number of aromatic nitrogens is 1. The van der Waals surface area contributed by atoms with Gasteiger partial charge in [0.15, 0.2) is 0 Å². The van der Waals surface area contributed by atoms with Crippen LogP contribution < -0.4 is 4.90 Å². The molecular weight excluding hydrogens is 265 g/mol. The van der Waals surface area contributed by atoms with Crippen molar-refractivity contribution in [2.45, 2.75) is 25.4 Å². The molecule has 1 aromatic heterocycles. The van der Waals surface area contributed by atoms with Gasteiger partial charge in [0.2, 0.25) is 0 Å². The second-order valence-corrected chi connectivity index (χ2v) is 4.45. The molecule has 102 valence electrons. The largest absolute Gasteiger partial charge is 0.417 e. The summed E-state index contributed by atoms with van der Waals surface area (Å²) in [6.45, 7) is 0.759. The van der Waals surface area contributed by atoms with Gasteiger partial charge in [-0.15, -0.1) is 11.6 Å². The van der Waals surface area contributed by atoms with Gasteiger partial charge in [0.1, 0.15) is 5.82 Å². The molecule has 0 radical (unpaired) electrons. The zero-order chi connectivity index (χ0) is 13.6. The number of pyridine rings is 1. The number of rotatable bonds is 6. The van der Waals surface area contributed by atoms with E-state index in [4.69, 9.17) is 11.6 Å². The molecule has 0 N–H and O–H groups in total. The summed E-state index contributed by atoms with van der Waals surface area (Å²) < 4.78 is 37.0. The predicted octanol–water partition coefficient (Wildman–Crippen LogP) is 3.95. The molecule has 0 saturated heterocycles. The Hall–Kier alpha value is -0.970. The van der Waals surface area contributed by atoms with Crippen molar-refractivity contribution < 1.29 is 13.2 Å². The van der Waals surface area contributed by atoms with Crippen LogP contribution in [0.3, 0.4) is 0 Å². The number of alkyl halides is 4. The SMILES string of the molecule is CN(CCCCCCl)c1ccc(C(F)(F)F)cn1. The van der Waals surface area contributed by atoms with Crippen molar-refractivity contribution in [3.63, 3.8) is 0 Å². The molecule has 0 spiro atoms. The van der Waals surface area contributed by atoms with Crippen LogP contribution in [0.25, 0.3) is 0 Å². The first-order valence-corrected chi connectivity index (χ1v) is 6.29. The standard InChI is InChI=1S/C12H16ClF3N2/c1-18(8-4-2-3-7-13)11-6-5-10(9-17-11)12(14,15)16/h5-6,9H,2-4,7-8H2,1H3. The van der Waals surface area contributed by atoms with Gasteiger partial charge in [0, 0.05) is 25.7 Å². The Morgan fingerprint density at radius 1 is 1.22 bits per heavy atom. The minimum absolute atomic E-state index is 0.550. The summed E-state index contributed by atoms with van der Waals surface area (Å²) in [6.07, 6.45) is -0.550. The molecule has 1 heterocycles. The van der Waals surface area contributed by atoms with Crippen LogP contribution in [-0.2, 0) is 6.18 Å². The maximum atomic E-state index is 12.3. The van der Waals surface area contributed by atoms with Crippen LogP contribution in [0, 0.1) is 0 Å². The molecule has 0 aliphatic rings. The summed E-state index contributed by atoms with van der Waals surface area (Å²) in [7, 11) is 1.82. The highest BCUT2D eigenvalue weighted by Crippen LogP contribution is 2.29. The average molecular weight is 281 g/mol. The third-order valence-electron chi connectivity index (χ3n) is 2.59. The van der Waals surface area contributed by atoms with Gasteiger partial charge >= 0.3 is 6.18 Å². The molecule has 0 fully saturated rings. The molecule has 2 nitrogen and oxygen atoms in total. The van der Waals surface area contributed by atoms with Crippen LogP contribution in [0.4, 0.5) is 19.0 Å². The molecule has 0 unspecified atom stereocenters. The highest BCUT2D eigenvalue weighted by molar-refractivity contribution is 6.17. The molecule has 0 saturated carbocycles. The van der Waals surface area contributed by atoms with E-state index in [2.05, 4.69) is 4.98 Å². The van der Waals surface area contributed by atoms with Gasteiger partial charge in [-0.3, -0.25) is 0 Å². The second-order valence-electron chi connectivity index (χ2n) is 4.07. The fourth-order valence-corrected chi connectivity index (χ4v) is 1.70. The van der Waals surface area contributed by atoms with Crippen molar-refractivity contribution in [3.05, 3.63) is 23.9 Å². The highest BCUT2D eigenvalue weighted by Gasteiger charge is 2.30. The summed E-state index contributed by atoms with van der Waals surface area (Å²) in [5.41, 5.74) is -0.721. The van der Waals surface area contributed by atoms with Crippen LogP contribution in [-0.4, -0.2) is 24.5 Å². The Morgan fingerprint density at radius 3 is 2.44 bits per heavy atom. The van der Waals surface area contributed by atoms with Crippen LogP contribution in [0.2, 0.25) is 0 Å². The minimum atomic E-state index is -4.33. The molecule has 0 aromatic carbocycles. The van der Waals surface area contributed by atoms with E-state index < -0.39 is 11.7 Å². The molecule has 0 amide bonds. The van der Waals surface area contributed by atoms with E-state index in [9.17, 15) is 13.2 Å². The van der Waals surface area contributed by atoms with Crippen molar-refractivity contribution in [1.82, 2.24) is 4.98 Å². The van der Waals surface area contributed by atoms with Crippen LogP contribution in [0.5, 0.6) is 0 Å². The smallest absolute Gasteiger partial charge is 0.360 e. The number of nitrogens with zero attached hydrogens (tertiary/aromatic N) is 2. The maximum Gasteiger partial charge on any atom is 0.417 e. The summed E-state index contributed by atoms with van der Waals surface area (Å²) >= 11 is 5.56. The summed E-state index contributed by atoms with van der Waals surface area (Å²) in [5, 5.41) is 0. The lowest BCUT2D eigenvalue weighted by Gasteiger charge is -2.18. The quantitative estimate of drug-likeness (QED) is 0.579. The Bertz CT molecular complexity index is 351. The molecular formula is C12H16ClF3N2. The van der Waals surface area contributed by atoms with Gasteiger partial charge in [-0.2, -0.15) is 13.2 Å². The first-order chi connectivity index (χ1) is 8.45. The molecule has 0 aliphatic heterocycles. The first kappa shape index (κ1) is 15.1. The lowest BCUT2D eigenvalue weighted by molar-refractivity contribution is -0.137. The van der Waals surface area contributed by atoms with E-state index in [-0.39, 0.29) is 0 Å². The number of anilines is 1. The van der Waals surface area contributed by atoms with Gasteiger partial charge in [-0.05, 0) is 25.0 Å². The third kappa shape index (κ3) is 4.72. The molecule has 0 aliphatic carbocycles. The number of hydrogen-bond donors (Lipinski definition) is 0. The van der Waals surface area contributed by atoms with Gasteiger partial charge < -0.3 is 4.90 Å². The lowest BCUT2D eigenvalue weighted by atomic mass is 10.2. The van der Waals surface area contributed by atoms with E-state index in [0.29, 0.717) is 11.7 Å². The van der Waals surface area contributed by atoms with Crippen LogP contribution in [0.1, 0.15) is 24.8 Å². The van der Waals surface area contributed by atoms with Crippen molar-refractivity contribution in [2.75, 3.05) is 24.4 Å². The average Bonchev–Trinajstić information content (AvgIpc) is 2.33. The Kier molecular flexibility index (Phi) is 5.72. The molecule has 0 atom stereocenters. The summed E-state index contributed by atoms with van der Waals surface area (Å²) in [5.74, 6) is 1.19. The first-order valence-electron chi connectivity index (χ1n) is 5.75. The van der Waals surface area contributed by atoms with E-state index in [1.165, 1.54) is 6.07 Å². The van der Waals surface area contributed by atoms with Crippen LogP contribution in [0.15, 0.2) is 18.3 Å². The van der Waals surface area contributed by atoms with Gasteiger partial charge in [0.05, 0.1) is 5.56 Å². The molecule has 1 rings (SSSR count). The van der Waals surface area contributed by atoms with Crippen molar-refractivity contribution >= 4 is 17.4 Å². The highest BCUT2D eigenvalue weighted by atomic mass is 35.5. The molecule has 1 aromatic rings. The number of halogens is 4. The Morgan fingerprint density at radius 2 is 1.94 bits per heavy atom. The second kappa shape index (κ2) is 6.83. The zero-order valence-corrected chi connectivity index (χ0v) is 10.9. The van der Waals surface area contributed by atoms with Gasteiger partial charge in [-0.25, -0.2) is 4.98 Å². The fourth-order valence-electron chi connectivity index (χ4n) is 1.51. The number of unbranched alkanes of at least 4 members (excludes halogenated alkanes) is 2. The van der Waals surface area contributed by atoms with Gasteiger partial charge in [0.25, 0.3) is 0 Å². The fraction of sp³-hybridized carbons (Fsp3) is 0.583. The Labute approximate surface area is 110 Å². The lowest BCUT2D eigenvalue weighted by Crippen LogP contribution is -2.20. The minimum Gasteiger partial charge on any atom is -0.360 e. The van der Waals surface area contributed by atoms with E-state index in [1.54, 1.807) is 0 Å². The third-order valence-corrected chi connectivity index (χ3v) is 2.86. The molecule has 18 heavy (non-hydrogen) atoms. The van der Waals surface area contributed by atoms with Crippen molar-refractivity contribution in [2.24, 2.45) is 0 Å². The van der Waals surface area contributed by atoms with Gasteiger partial charge in [-0.1, -0.05) is 6.42 Å². The monoisotopic (exact) mass is 280 g/mol. The zero-order valence-electron chi connectivity index (χ0n) is 10.2. The predicted molar refractivity (Wildman–Crippen MR) is 67.1 cm³/mol.